The number of thioether (sulfide) groups is 1. The highest BCUT2D eigenvalue weighted by Gasteiger charge is 2.30. The topological polar surface area (TPSA) is 0 Å². The molecule has 1 rings (SSSR count). The van der Waals surface area contributed by atoms with E-state index in [0.717, 1.165) is 12.0 Å². The van der Waals surface area contributed by atoms with E-state index < -0.39 is 5.51 Å². The summed E-state index contributed by atoms with van der Waals surface area (Å²) in [7, 11) is 0. The second-order valence-electron chi connectivity index (χ2n) is 3.78. The summed E-state index contributed by atoms with van der Waals surface area (Å²) in [6, 6.07) is 5.08. The number of unbranched alkanes of at least 4 members (excludes halogenated alkanes) is 1. The molecule has 4 heteroatoms. The fourth-order valence-corrected chi connectivity index (χ4v) is 2.07. The molecule has 1 aromatic rings. The van der Waals surface area contributed by atoms with Gasteiger partial charge in [-0.3, -0.25) is 0 Å². The van der Waals surface area contributed by atoms with Crippen molar-refractivity contribution in [1.82, 2.24) is 0 Å². The molecule has 0 saturated heterocycles. The molecule has 0 bridgehead atoms. The third kappa shape index (κ3) is 5.05. The van der Waals surface area contributed by atoms with Gasteiger partial charge in [-0.05, 0) is 42.3 Å². The van der Waals surface area contributed by atoms with Crippen LogP contribution in [0.2, 0.25) is 0 Å². The second-order valence-corrected chi connectivity index (χ2v) is 4.89. The van der Waals surface area contributed by atoms with E-state index in [-0.39, 0.29) is 16.7 Å². The molecule has 0 aliphatic heterocycles. The molecule has 0 atom stereocenters. The van der Waals surface area contributed by atoms with Gasteiger partial charge in [0.2, 0.25) is 0 Å². The van der Waals surface area contributed by atoms with Crippen LogP contribution in [0.3, 0.4) is 0 Å². The first kappa shape index (κ1) is 15.0. The van der Waals surface area contributed by atoms with Crippen LogP contribution in [0.4, 0.5) is 13.2 Å². The van der Waals surface area contributed by atoms with Crippen molar-refractivity contribution >= 4 is 11.8 Å². The van der Waals surface area contributed by atoms with Gasteiger partial charge in [0.25, 0.3) is 0 Å². The Morgan fingerprint density at radius 2 is 1.94 bits per heavy atom. The first-order valence-electron chi connectivity index (χ1n) is 5.83. The van der Waals surface area contributed by atoms with Crippen molar-refractivity contribution in [2.75, 3.05) is 0 Å². The minimum Gasteiger partial charge on any atom is -0.160 e. The lowest BCUT2D eigenvalue weighted by molar-refractivity contribution is -0.0328. The number of alkyl halides is 3. The molecule has 0 amide bonds. The maximum absolute atomic E-state index is 12.5. The molecule has 0 N–H and O–H groups in total. The molecule has 1 aromatic carbocycles. The van der Waals surface area contributed by atoms with Gasteiger partial charge in [0.15, 0.2) is 0 Å². The molecule has 0 nitrogen and oxygen atoms in total. The lowest BCUT2D eigenvalue weighted by atomic mass is 10.1. The van der Waals surface area contributed by atoms with E-state index in [1.807, 2.05) is 19.9 Å². The fraction of sp³-hybridized carbons (Fsp3) is 0.429. The summed E-state index contributed by atoms with van der Waals surface area (Å²) in [5.74, 6) is 5.70. The van der Waals surface area contributed by atoms with Gasteiger partial charge in [-0.15, -0.1) is 0 Å². The number of halogens is 3. The first-order chi connectivity index (χ1) is 8.46. The summed E-state index contributed by atoms with van der Waals surface area (Å²) in [6.45, 7) is 3.90. The highest BCUT2D eigenvalue weighted by atomic mass is 32.2. The van der Waals surface area contributed by atoms with Crippen LogP contribution in [-0.4, -0.2) is 5.51 Å². The Kier molecular flexibility index (Phi) is 5.61. The van der Waals surface area contributed by atoms with Gasteiger partial charge in [0.1, 0.15) is 0 Å². The summed E-state index contributed by atoms with van der Waals surface area (Å²) in [5.41, 5.74) is -2.92. The summed E-state index contributed by atoms with van der Waals surface area (Å²) >= 11 is -0.0876. The van der Waals surface area contributed by atoms with Crippen LogP contribution in [0.1, 0.15) is 37.8 Å². The van der Waals surface area contributed by atoms with Crippen LogP contribution in [0.15, 0.2) is 23.1 Å². The van der Waals surface area contributed by atoms with Crippen molar-refractivity contribution in [2.24, 2.45) is 0 Å². The van der Waals surface area contributed by atoms with E-state index in [1.54, 1.807) is 12.1 Å². The zero-order valence-electron chi connectivity index (χ0n) is 10.4. The predicted octanol–water partition coefficient (Wildman–Crippen LogP) is 5.01. The van der Waals surface area contributed by atoms with Crippen LogP contribution in [0.5, 0.6) is 0 Å². The molecule has 18 heavy (non-hydrogen) atoms. The van der Waals surface area contributed by atoms with Gasteiger partial charge in [-0.25, -0.2) is 0 Å². The normalized spacial score (nSPS) is 10.9. The molecule has 0 spiro atoms. The van der Waals surface area contributed by atoms with Gasteiger partial charge in [-0.2, -0.15) is 13.2 Å². The molecule has 0 heterocycles. The molecule has 98 valence electrons. The largest absolute Gasteiger partial charge is 0.446 e. The van der Waals surface area contributed by atoms with E-state index in [9.17, 15) is 13.2 Å². The Bertz CT molecular complexity index is 452. The van der Waals surface area contributed by atoms with Crippen LogP contribution in [0, 0.1) is 11.8 Å². The molecular weight excluding hydrogens is 257 g/mol. The van der Waals surface area contributed by atoms with Gasteiger partial charge >= 0.3 is 5.51 Å². The van der Waals surface area contributed by atoms with Crippen LogP contribution < -0.4 is 0 Å². The maximum atomic E-state index is 12.5. The average molecular weight is 272 g/mol. The second kappa shape index (κ2) is 6.75. The van der Waals surface area contributed by atoms with Gasteiger partial charge < -0.3 is 0 Å². The highest BCUT2D eigenvalue weighted by molar-refractivity contribution is 8.00. The quantitative estimate of drug-likeness (QED) is 0.550. The molecule has 0 aromatic heterocycles. The number of aryl methyl sites for hydroxylation is 1. The van der Waals surface area contributed by atoms with Crippen LogP contribution in [0.25, 0.3) is 0 Å². The van der Waals surface area contributed by atoms with E-state index in [1.165, 1.54) is 0 Å². The van der Waals surface area contributed by atoms with Gasteiger partial charge in [-0.1, -0.05) is 31.8 Å². The molecule has 0 aliphatic carbocycles. The van der Waals surface area contributed by atoms with Gasteiger partial charge in [0.05, 0.1) is 0 Å². The molecule has 0 radical (unpaired) electrons. The number of benzene rings is 1. The number of hydrogen-bond donors (Lipinski definition) is 0. The highest BCUT2D eigenvalue weighted by Crippen LogP contribution is 2.38. The molecule has 0 aliphatic rings. The monoisotopic (exact) mass is 272 g/mol. The molecular formula is C14H15F3S. The fourth-order valence-electron chi connectivity index (χ4n) is 1.38. The van der Waals surface area contributed by atoms with Crippen molar-refractivity contribution < 1.29 is 13.2 Å². The van der Waals surface area contributed by atoms with Crippen molar-refractivity contribution in [3.05, 3.63) is 29.3 Å². The standard InChI is InChI=1S/C14H15F3S/c1-3-5-6-7-12-9-8-11(4-2)10-13(12)18-14(15,16)17/h8-10H,3-5H2,1-2H3. The van der Waals surface area contributed by atoms with Crippen molar-refractivity contribution in [2.45, 2.75) is 43.5 Å². The van der Waals surface area contributed by atoms with Crippen molar-refractivity contribution in [1.29, 1.82) is 0 Å². The van der Waals surface area contributed by atoms with E-state index in [2.05, 4.69) is 11.8 Å². The number of hydrogen-bond acceptors (Lipinski definition) is 1. The Morgan fingerprint density at radius 1 is 1.22 bits per heavy atom. The van der Waals surface area contributed by atoms with Gasteiger partial charge in [0, 0.05) is 16.9 Å². The Balaban J connectivity index is 3.05. The zero-order valence-corrected chi connectivity index (χ0v) is 11.2. The summed E-state index contributed by atoms with van der Waals surface area (Å²) in [4.78, 5) is 0.199. The Morgan fingerprint density at radius 3 is 2.50 bits per heavy atom. The van der Waals surface area contributed by atoms with Crippen molar-refractivity contribution in [3.8, 4) is 11.8 Å². The minimum atomic E-state index is -4.27. The smallest absolute Gasteiger partial charge is 0.160 e. The van der Waals surface area contributed by atoms with Crippen LogP contribution >= 0.6 is 11.8 Å². The SMILES string of the molecule is CCCC#Cc1ccc(CC)cc1SC(F)(F)F. The third-order valence-corrected chi connectivity index (χ3v) is 3.07. The third-order valence-electron chi connectivity index (χ3n) is 2.28. The Hall–Kier alpha value is -1.08. The average Bonchev–Trinajstić information content (AvgIpc) is 2.29. The lowest BCUT2D eigenvalue weighted by Gasteiger charge is -2.09. The summed E-state index contributed by atoms with van der Waals surface area (Å²) < 4.78 is 37.4. The Labute approximate surface area is 110 Å². The molecule has 0 unspecified atom stereocenters. The predicted molar refractivity (Wildman–Crippen MR) is 69.5 cm³/mol. The van der Waals surface area contributed by atoms with Crippen LogP contribution in [-0.2, 0) is 6.42 Å². The molecule has 0 saturated carbocycles. The minimum absolute atomic E-state index is 0.0876. The lowest BCUT2D eigenvalue weighted by Crippen LogP contribution is -2.00. The van der Waals surface area contributed by atoms with E-state index in [4.69, 9.17) is 0 Å². The zero-order chi connectivity index (χ0) is 13.6. The van der Waals surface area contributed by atoms with E-state index >= 15 is 0 Å². The van der Waals surface area contributed by atoms with E-state index in [0.29, 0.717) is 18.4 Å². The number of rotatable bonds is 3. The molecule has 0 fully saturated rings. The summed E-state index contributed by atoms with van der Waals surface area (Å²) in [6.07, 6.45) is 2.32. The summed E-state index contributed by atoms with van der Waals surface area (Å²) in [5, 5.41) is 0. The maximum Gasteiger partial charge on any atom is 0.446 e. The first-order valence-corrected chi connectivity index (χ1v) is 6.65. The van der Waals surface area contributed by atoms with Crippen molar-refractivity contribution in [3.63, 3.8) is 0 Å².